The van der Waals surface area contributed by atoms with Crippen molar-refractivity contribution in [2.45, 2.75) is 20.3 Å². The highest BCUT2D eigenvalue weighted by atomic mass is 16.5. The first-order valence-electron chi connectivity index (χ1n) is 10.6. The molecule has 0 atom stereocenters. The average Bonchev–Trinajstić information content (AvgIpc) is 3.08. The van der Waals surface area contributed by atoms with Gasteiger partial charge in [-0.3, -0.25) is 9.69 Å². The molecule has 0 bridgehead atoms. The molecule has 7 nitrogen and oxygen atoms in total. The summed E-state index contributed by atoms with van der Waals surface area (Å²) in [6.45, 7) is 8.84. The fourth-order valence-corrected chi connectivity index (χ4v) is 3.79. The van der Waals surface area contributed by atoms with Gasteiger partial charge in [0, 0.05) is 36.7 Å². The Hall–Kier alpha value is -3.08. The Morgan fingerprint density at radius 2 is 1.97 bits per heavy atom. The maximum Gasteiger partial charge on any atom is 0.261 e. The van der Waals surface area contributed by atoms with Crippen LogP contribution in [-0.4, -0.2) is 61.9 Å². The van der Waals surface area contributed by atoms with Crippen LogP contribution in [0.4, 0.5) is 0 Å². The number of nitriles is 1. The van der Waals surface area contributed by atoms with Gasteiger partial charge >= 0.3 is 0 Å². The molecule has 2 heterocycles. The van der Waals surface area contributed by atoms with Gasteiger partial charge in [-0.05, 0) is 68.8 Å². The molecule has 0 unspecified atom stereocenters. The van der Waals surface area contributed by atoms with Crippen LogP contribution in [0.5, 0.6) is 5.75 Å². The summed E-state index contributed by atoms with van der Waals surface area (Å²) < 4.78 is 12.7. The van der Waals surface area contributed by atoms with E-state index < -0.39 is 0 Å². The van der Waals surface area contributed by atoms with Gasteiger partial charge in [-0.2, -0.15) is 5.26 Å². The number of carbonyl (C=O) groups excluding carboxylic acids is 1. The lowest BCUT2D eigenvalue weighted by Gasteiger charge is -2.26. The van der Waals surface area contributed by atoms with Crippen LogP contribution in [0, 0.1) is 25.2 Å². The molecule has 2 aromatic rings. The van der Waals surface area contributed by atoms with Crippen LogP contribution in [-0.2, 0) is 9.53 Å². The first kappa shape index (κ1) is 22.6. The van der Waals surface area contributed by atoms with E-state index in [-0.39, 0.29) is 11.5 Å². The Morgan fingerprint density at radius 1 is 1.26 bits per heavy atom. The van der Waals surface area contributed by atoms with E-state index in [2.05, 4.69) is 14.8 Å². The van der Waals surface area contributed by atoms with Gasteiger partial charge in [0.25, 0.3) is 5.91 Å². The van der Waals surface area contributed by atoms with Gasteiger partial charge < -0.3 is 19.4 Å². The quantitative estimate of drug-likeness (QED) is 0.402. The number of nitrogens with one attached hydrogen (secondary N) is 1. The number of aryl methyl sites for hydroxylation is 1. The van der Waals surface area contributed by atoms with Crippen LogP contribution in [0.3, 0.4) is 0 Å². The van der Waals surface area contributed by atoms with Crippen molar-refractivity contribution in [3.8, 4) is 17.5 Å². The Balaban J connectivity index is 1.65. The summed E-state index contributed by atoms with van der Waals surface area (Å²) in [4.78, 5) is 14.8. The summed E-state index contributed by atoms with van der Waals surface area (Å²) in [6.07, 6.45) is 2.51. The Labute approximate surface area is 183 Å². The van der Waals surface area contributed by atoms with Crippen molar-refractivity contribution in [1.82, 2.24) is 14.8 Å². The summed E-state index contributed by atoms with van der Waals surface area (Å²) >= 11 is 0. The molecule has 1 aromatic heterocycles. The lowest BCUT2D eigenvalue weighted by molar-refractivity contribution is -0.117. The number of nitrogens with zero attached hydrogens (tertiary/aromatic N) is 3. The van der Waals surface area contributed by atoms with Crippen LogP contribution in [0.2, 0.25) is 0 Å². The van der Waals surface area contributed by atoms with E-state index in [1.54, 1.807) is 13.2 Å². The minimum Gasteiger partial charge on any atom is -0.497 e. The minimum atomic E-state index is -0.335. The van der Waals surface area contributed by atoms with Crippen molar-refractivity contribution in [2.75, 3.05) is 46.5 Å². The highest BCUT2D eigenvalue weighted by Gasteiger charge is 2.14. The second-order valence-electron chi connectivity index (χ2n) is 7.59. The van der Waals surface area contributed by atoms with Crippen LogP contribution in [0.15, 0.2) is 35.9 Å². The van der Waals surface area contributed by atoms with E-state index >= 15 is 0 Å². The van der Waals surface area contributed by atoms with Gasteiger partial charge in [-0.25, -0.2) is 0 Å². The maximum atomic E-state index is 12.5. The van der Waals surface area contributed by atoms with E-state index in [1.165, 1.54) is 0 Å². The molecule has 1 amide bonds. The second-order valence-corrected chi connectivity index (χ2v) is 7.59. The summed E-state index contributed by atoms with van der Waals surface area (Å²) in [5, 5.41) is 12.4. The zero-order valence-electron chi connectivity index (χ0n) is 18.5. The number of methoxy groups -OCH3 is 1. The third-order valence-corrected chi connectivity index (χ3v) is 5.51. The predicted molar refractivity (Wildman–Crippen MR) is 120 cm³/mol. The van der Waals surface area contributed by atoms with Crippen LogP contribution >= 0.6 is 0 Å². The molecular weight excluding hydrogens is 392 g/mol. The third kappa shape index (κ3) is 5.75. The number of ether oxygens (including phenoxy) is 2. The largest absolute Gasteiger partial charge is 0.497 e. The number of hydrogen-bond donors (Lipinski definition) is 1. The molecule has 1 aromatic carbocycles. The summed E-state index contributed by atoms with van der Waals surface area (Å²) in [5.74, 6) is 0.460. The Morgan fingerprint density at radius 3 is 2.61 bits per heavy atom. The standard InChI is InChI=1S/C24H30N4O3/c1-18-15-20(19(2)28(18)22-5-7-23(30-3)8-6-22)16-21(17-25)24(29)26-9-4-10-27-11-13-31-14-12-27/h5-8,15-16H,4,9-14H2,1-3H3,(H,26,29). The monoisotopic (exact) mass is 422 g/mol. The third-order valence-electron chi connectivity index (χ3n) is 5.51. The number of rotatable bonds is 8. The zero-order chi connectivity index (χ0) is 22.2. The van der Waals surface area contributed by atoms with Gasteiger partial charge in [0.15, 0.2) is 0 Å². The molecule has 1 N–H and O–H groups in total. The van der Waals surface area contributed by atoms with E-state index in [4.69, 9.17) is 9.47 Å². The molecule has 1 aliphatic heterocycles. The first-order valence-corrected chi connectivity index (χ1v) is 10.6. The van der Waals surface area contributed by atoms with Gasteiger partial charge in [0.1, 0.15) is 17.4 Å². The number of aromatic nitrogens is 1. The van der Waals surface area contributed by atoms with E-state index in [0.29, 0.717) is 6.54 Å². The van der Waals surface area contributed by atoms with Crippen molar-refractivity contribution in [3.05, 3.63) is 52.9 Å². The lowest BCUT2D eigenvalue weighted by atomic mass is 10.1. The Kier molecular flexibility index (Phi) is 7.88. The second kappa shape index (κ2) is 10.8. The number of amides is 1. The molecule has 31 heavy (non-hydrogen) atoms. The highest BCUT2D eigenvalue weighted by molar-refractivity contribution is 6.01. The summed E-state index contributed by atoms with van der Waals surface area (Å²) in [5.41, 5.74) is 3.96. The van der Waals surface area contributed by atoms with Crippen molar-refractivity contribution < 1.29 is 14.3 Å². The molecule has 0 saturated carbocycles. The minimum absolute atomic E-state index is 0.112. The van der Waals surface area contributed by atoms with E-state index in [9.17, 15) is 10.1 Å². The molecular formula is C24H30N4O3. The SMILES string of the molecule is COc1ccc(-n2c(C)cc(C=C(C#N)C(=O)NCCCN3CCOCC3)c2C)cc1. The Bertz CT molecular complexity index is 964. The van der Waals surface area contributed by atoms with Gasteiger partial charge in [0.05, 0.1) is 20.3 Å². The smallest absolute Gasteiger partial charge is 0.261 e. The normalized spacial score (nSPS) is 14.8. The fourth-order valence-electron chi connectivity index (χ4n) is 3.79. The molecule has 7 heteroatoms. The molecule has 0 radical (unpaired) electrons. The highest BCUT2D eigenvalue weighted by Crippen LogP contribution is 2.24. The molecule has 0 spiro atoms. The zero-order valence-corrected chi connectivity index (χ0v) is 18.5. The lowest BCUT2D eigenvalue weighted by Crippen LogP contribution is -2.38. The van der Waals surface area contributed by atoms with Crippen molar-refractivity contribution in [1.29, 1.82) is 5.26 Å². The summed E-state index contributed by atoms with van der Waals surface area (Å²) in [7, 11) is 1.64. The van der Waals surface area contributed by atoms with Crippen molar-refractivity contribution in [2.24, 2.45) is 0 Å². The molecule has 0 aliphatic carbocycles. The average molecular weight is 423 g/mol. The van der Waals surface area contributed by atoms with Gasteiger partial charge in [0.2, 0.25) is 0 Å². The maximum absolute atomic E-state index is 12.5. The van der Waals surface area contributed by atoms with Crippen LogP contribution in [0.25, 0.3) is 11.8 Å². The van der Waals surface area contributed by atoms with Crippen molar-refractivity contribution in [3.63, 3.8) is 0 Å². The molecule has 1 aliphatic rings. The predicted octanol–water partition coefficient (Wildman–Crippen LogP) is 2.85. The number of carbonyl (C=O) groups is 1. The fraction of sp³-hybridized carbons (Fsp3) is 0.417. The van der Waals surface area contributed by atoms with Crippen LogP contribution in [0.1, 0.15) is 23.4 Å². The molecule has 1 fully saturated rings. The number of hydrogen-bond acceptors (Lipinski definition) is 5. The first-order chi connectivity index (χ1) is 15.0. The van der Waals surface area contributed by atoms with Gasteiger partial charge in [-0.15, -0.1) is 0 Å². The summed E-state index contributed by atoms with van der Waals surface area (Å²) in [6, 6.07) is 11.8. The molecule has 1 saturated heterocycles. The van der Waals surface area contributed by atoms with E-state index in [1.807, 2.05) is 50.2 Å². The number of morpholine rings is 1. The van der Waals surface area contributed by atoms with E-state index in [0.717, 1.165) is 67.7 Å². The van der Waals surface area contributed by atoms with Crippen molar-refractivity contribution >= 4 is 12.0 Å². The number of benzene rings is 1. The van der Waals surface area contributed by atoms with Gasteiger partial charge in [-0.1, -0.05) is 0 Å². The van der Waals surface area contributed by atoms with Crippen LogP contribution < -0.4 is 10.1 Å². The molecule has 3 rings (SSSR count). The molecule has 164 valence electrons. The topological polar surface area (TPSA) is 79.5 Å².